The third-order valence-electron chi connectivity index (χ3n) is 3.55. The molecule has 9 heteroatoms. The molecule has 3 heterocycles. The Morgan fingerprint density at radius 2 is 2.35 bits per heavy atom. The Kier molecular flexibility index (Phi) is 4.71. The van der Waals surface area contributed by atoms with Crippen molar-refractivity contribution in [1.29, 1.82) is 0 Å². The summed E-state index contributed by atoms with van der Waals surface area (Å²) >= 11 is 1.56. The summed E-state index contributed by atoms with van der Waals surface area (Å²) in [7, 11) is 0. The fraction of sp³-hybridized carbons (Fsp3) is 0.429. The molecule has 0 unspecified atom stereocenters. The van der Waals surface area contributed by atoms with Gasteiger partial charge in [-0.15, -0.1) is 11.3 Å². The molecule has 7 nitrogen and oxygen atoms in total. The molecule has 2 aromatic heterocycles. The molecule has 2 aromatic rings. The molecule has 0 aliphatic carbocycles. The number of halogens is 1. The van der Waals surface area contributed by atoms with E-state index in [0.717, 1.165) is 15.6 Å². The number of nitrogens with zero attached hydrogens (tertiary/aromatic N) is 1. The van der Waals surface area contributed by atoms with E-state index in [9.17, 15) is 19.1 Å². The zero-order valence-electron chi connectivity index (χ0n) is 12.0. The minimum Gasteiger partial charge on any atom is -0.390 e. The van der Waals surface area contributed by atoms with E-state index in [0.29, 0.717) is 6.61 Å². The summed E-state index contributed by atoms with van der Waals surface area (Å²) < 4.78 is 25.3. The highest BCUT2D eigenvalue weighted by Crippen LogP contribution is 2.28. The van der Waals surface area contributed by atoms with Crippen molar-refractivity contribution in [3.8, 4) is 0 Å². The first kappa shape index (κ1) is 16.1. The Labute approximate surface area is 133 Å². The van der Waals surface area contributed by atoms with Crippen LogP contribution in [0.3, 0.4) is 0 Å². The van der Waals surface area contributed by atoms with E-state index in [1.54, 1.807) is 11.3 Å². The first-order valence-corrected chi connectivity index (χ1v) is 7.87. The molecular weight excluding hydrogens is 327 g/mol. The van der Waals surface area contributed by atoms with E-state index >= 15 is 0 Å². The Hall–Kier alpha value is -1.81. The molecule has 23 heavy (non-hydrogen) atoms. The molecule has 3 rings (SSSR count). The lowest BCUT2D eigenvalue weighted by atomic mass is 10.2. The summed E-state index contributed by atoms with van der Waals surface area (Å²) in [5, 5.41) is 11.9. The number of aliphatic hydroxyl groups is 1. The largest absolute Gasteiger partial charge is 0.390 e. The van der Waals surface area contributed by atoms with Crippen molar-refractivity contribution in [3.63, 3.8) is 0 Å². The summed E-state index contributed by atoms with van der Waals surface area (Å²) in [4.78, 5) is 25.7. The molecule has 124 valence electrons. The Bertz CT molecular complexity index is 772. The number of aliphatic hydroxyl groups excluding tert-OH is 1. The van der Waals surface area contributed by atoms with Crippen LogP contribution in [-0.2, 0) is 16.1 Å². The van der Waals surface area contributed by atoms with Crippen LogP contribution in [0.2, 0.25) is 0 Å². The lowest BCUT2D eigenvalue weighted by molar-refractivity contribution is -0.0666. The Morgan fingerprint density at radius 1 is 1.52 bits per heavy atom. The van der Waals surface area contributed by atoms with Crippen LogP contribution >= 0.6 is 11.3 Å². The van der Waals surface area contributed by atoms with Crippen molar-refractivity contribution < 1.29 is 19.0 Å². The molecule has 0 spiro atoms. The van der Waals surface area contributed by atoms with Crippen LogP contribution in [0.4, 0.5) is 4.39 Å². The van der Waals surface area contributed by atoms with Crippen LogP contribution in [0.5, 0.6) is 0 Å². The topological polar surface area (TPSA) is 93.6 Å². The van der Waals surface area contributed by atoms with E-state index < -0.39 is 35.5 Å². The molecule has 2 N–H and O–H groups in total. The van der Waals surface area contributed by atoms with Gasteiger partial charge in [0, 0.05) is 11.3 Å². The van der Waals surface area contributed by atoms with E-state index in [4.69, 9.17) is 9.47 Å². The maximum atomic E-state index is 13.3. The quantitative estimate of drug-likeness (QED) is 0.830. The average molecular weight is 342 g/mol. The number of thiophene rings is 1. The minimum absolute atomic E-state index is 0.110. The van der Waals surface area contributed by atoms with Crippen LogP contribution in [0.15, 0.2) is 33.3 Å². The lowest BCUT2D eigenvalue weighted by Crippen LogP contribution is -2.34. The van der Waals surface area contributed by atoms with E-state index in [-0.39, 0.29) is 13.0 Å². The number of aromatic amines is 1. The summed E-state index contributed by atoms with van der Waals surface area (Å²) in [5.74, 6) is -1.08. The van der Waals surface area contributed by atoms with Gasteiger partial charge < -0.3 is 14.6 Å². The molecule has 0 amide bonds. The van der Waals surface area contributed by atoms with Gasteiger partial charge in [-0.25, -0.2) is 4.79 Å². The van der Waals surface area contributed by atoms with Gasteiger partial charge in [0.05, 0.1) is 25.5 Å². The smallest absolute Gasteiger partial charge is 0.330 e. The number of ether oxygens (including phenoxy) is 2. The fourth-order valence-electron chi connectivity index (χ4n) is 2.38. The van der Waals surface area contributed by atoms with Gasteiger partial charge in [-0.05, 0) is 11.4 Å². The Balaban J connectivity index is 1.63. The number of nitrogens with one attached hydrogen (secondary N) is 1. The van der Waals surface area contributed by atoms with Crippen LogP contribution < -0.4 is 11.2 Å². The normalized spacial score (nSPS) is 24.2. The minimum atomic E-state index is -1.08. The second kappa shape index (κ2) is 6.75. The van der Waals surface area contributed by atoms with Crippen LogP contribution in [0.25, 0.3) is 0 Å². The first-order chi connectivity index (χ1) is 11.0. The molecule has 1 saturated heterocycles. The summed E-state index contributed by atoms with van der Waals surface area (Å²) in [5.41, 5.74) is -1.87. The van der Waals surface area contributed by atoms with Gasteiger partial charge in [0.1, 0.15) is 12.3 Å². The van der Waals surface area contributed by atoms with Crippen molar-refractivity contribution in [1.82, 2.24) is 9.55 Å². The number of rotatable bonds is 5. The zero-order valence-corrected chi connectivity index (χ0v) is 12.8. The monoisotopic (exact) mass is 342 g/mol. The molecular formula is C14H15FN2O5S. The van der Waals surface area contributed by atoms with Crippen molar-refractivity contribution in [3.05, 3.63) is 55.2 Å². The summed E-state index contributed by atoms with van der Waals surface area (Å²) in [6.45, 7) is 0.554. The van der Waals surface area contributed by atoms with Crippen LogP contribution in [0.1, 0.15) is 17.5 Å². The standard InChI is InChI=1S/C14H15FN2O5S/c15-9-5-17(14(20)16-13(9)19)12-4-10(18)11(22-12)7-21-6-8-2-1-3-23-8/h1-3,5,10-12,18H,4,6-7H2,(H,16,19,20)/t10-,11+,12+/m0/s1. The predicted octanol–water partition coefficient (Wildman–Crippen LogP) is 0.602. The van der Waals surface area contributed by atoms with Crippen molar-refractivity contribution >= 4 is 11.3 Å². The van der Waals surface area contributed by atoms with Gasteiger partial charge in [-0.3, -0.25) is 14.3 Å². The summed E-state index contributed by atoms with van der Waals surface area (Å²) in [6.07, 6.45) is -1.42. The van der Waals surface area contributed by atoms with Gasteiger partial charge >= 0.3 is 5.69 Å². The second-order valence-corrected chi connectivity index (χ2v) is 6.20. The number of hydrogen-bond donors (Lipinski definition) is 2. The van der Waals surface area contributed by atoms with Gasteiger partial charge in [0.15, 0.2) is 0 Å². The van der Waals surface area contributed by atoms with Crippen molar-refractivity contribution in [2.45, 2.75) is 31.5 Å². The number of hydrogen-bond acceptors (Lipinski definition) is 6. The highest BCUT2D eigenvalue weighted by atomic mass is 32.1. The average Bonchev–Trinajstić information content (AvgIpc) is 3.13. The summed E-state index contributed by atoms with van der Waals surface area (Å²) in [6, 6.07) is 3.85. The molecule has 0 radical (unpaired) electrons. The SMILES string of the molecule is O=c1[nH]c(=O)n([C@H]2C[C@H](O)[C@@H](COCc3cccs3)O2)cc1F. The van der Waals surface area contributed by atoms with E-state index in [1.807, 2.05) is 22.5 Å². The molecule has 0 saturated carbocycles. The third kappa shape index (κ3) is 3.58. The van der Waals surface area contributed by atoms with Gasteiger partial charge in [-0.1, -0.05) is 6.07 Å². The fourth-order valence-corrected chi connectivity index (χ4v) is 3.02. The maximum Gasteiger partial charge on any atom is 0.330 e. The van der Waals surface area contributed by atoms with Crippen LogP contribution in [0, 0.1) is 5.82 Å². The van der Waals surface area contributed by atoms with Gasteiger partial charge in [0.25, 0.3) is 5.56 Å². The highest BCUT2D eigenvalue weighted by Gasteiger charge is 2.35. The highest BCUT2D eigenvalue weighted by molar-refractivity contribution is 7.09. The van der Waals surface area contributed by atoms with E-state index in [2.05, 4.69) is 0 Å². The molecule has 3 atom stereocenters. The Morgan fingerprint density at radius 3 is 3.09 bits per heavy atom. The van der Waals surface area contributed by atoms with Crippen molar-refractivity contribution in [2.24, 2.45) is 0 Å². The number of aromatic nitrogens is 2. The lowest BCUT2D eigenvalue weighted by Gasteiger charge is -2.16. The van der Waals surface area contributed by atoms with Crippen LogP contribution in [-0.4, -0.2) is 33.5 Å². The zero-order chi connectivity index (χ0) is 16.4. The van der Waals surface area contributed by atoms with Gasteiger partial charge in [0.2, 0.25) is 5.82 Å². The molecule has 1 aliphatic rings. The van der Waals surface area contributed by atoms with Crippen molar-refractivity contribution in [2.75, 3.05) is 6.61 Å². The molecule has 1 fully saturated rings. The number of H-pyrrole nitrogens is 1. The molecule has 1 aliphatic heterocycles. The first-order valence-electron chi connectivity index (χ1n) is 6.99. The second-order valence-electron chi connectivity index (χ2n) is 5.17. The molecule has 0 bridgehead atoms. The molecule has 0 aromatic carbocycles. The predicted molar refractivity (Wildman–Crippen MR) is 79.8 cm³/mol. The van der Waals surface area contributed by atoms with Gasteiger partial charge in [-0.2, -0.15) is 4.39 Å². The maximum absolute atomic E-state index is 13.3. The van der Waals surface area contributed by atoms with E-state index in [1.165, 1.54) is 0 Å². The third-order valence-corrected chi connectivity index (χ3v) is 4.40.